The van der Waals surface area contributed by atoms with Gasteiger partial charge in [-0.2, -0.15) is 0 Å². The zero-order valence-electron chi connectivity index (χ0n) is 19.3. The number of carbonyl (C=O) groups excluding carboxylic acids is 2. The quantitative estimate of drug-likeness (QED) is 0.244. The normalized spacial score (nSPS) is 13.1. The third-order valence-corrected chi connectivity index (χ3v) is 7.61. The minimum Gasteiger partial charge on any atom is -0.465 e. The number of aryl methyl sites for hydroxylation is 1. The molecule has 0 fully saturated rings. The molecule has 0 atom stereocenters. The van der Waals surface area contributed by atoms with Crippen molar-refractivity contribution < 1.29 is 18.7 Å². The van der Waals surface area contributed by atoms with Crippen LogP contribution < -0.4 is 10.6 Å². The molecule has 1 aromatic heterocycles. The van der Waals surface area contributed by atoms with Crippen molar-refractivity contribution in [3.63, 3.8) is 0 Å². The Bertz CT molecular complexity index is 1190. The lowest BCUT2D eigenvalue weighted by atomic mass is 9.99. The number of nitrogens with zero attached hydrogens (tertiary/aromatic N) is 1. The minimum absolute atomic E-state index is 0.163. The van der Waals surface area contributed by atoms with E-state index in [0.717, 1.165) is 40.1 Å². The number of benzene rings is 2. The highest BCUT2D eigenvalue weighted by molar-refractivity contribution is 8.76. The van der Waals surface area contributed by atoms with E-state index in [4.69, 9.17) is 4.74 Å². The molecule has 3 aromatic rings. The predicted molar refractivity (Wildman–Crippen MR) is 138 cm³/mol. The molecular weight excluding hydrogens is 473 g/mol. The van der Waals surface area contributed by atoms with Gasteiger partial charge in [0.1, 0.15) is 12.4 Å². The monoisotopic (exact) mass is 501 g/mol. The van der Waals surface area contributed by atoms with Crippen LogP contribution in [0.1, 0.15) is 27.9 Å². The number of rotatable bonds is 10. The van der Waals surface area contributed by atoms with Gasteiger partial charge in [0.25, 0.3) is 5.91 Å². The second-order valence-corrected chi connectivity index (χ2v) is 10.7. The van der Waals surface area contributed by atoms with Crippen LogP contribution in [0.15, 0.2) is 36.4 Å². The Morgan fingerprint density at radius 3 is 2.79 bits per heavy atom. The number of ether oxygens (including phenoxy) is 1. The van der Waals surface area contributed by atoms with Crippen LogP contribution in [0, 0.1) is 5.82 Å². The fraction of sp³-hybridized carbons (Fsp3) is 0.360. The SMILES string of the molecule is CNCc1ccc(-c2c3c4c(cc(F)cc4n2CCC(=O)OCCSSC)C(=O)NCC3)cc1. The van der Waals surface area contributed by atoms with Crippen molar-refractivity contribution in [1.82, 2.24) is 15.2 Å². The molecule has 0 spiro atoms. The summed E-state index contributed by atoms with van der Waals surface area (Å²) in [7, 11) is 5.17. The average Bonchev–Trinajstić information content (AvgIpc) is 3.03. The van der Waals surface area contributed by atoms with Crippen molar-refractivity contribution in [2.45, 2.75) is 25.9 Å². The van der Waals surface area contributed by atoms with E-state index >= 15 is 0 Å². The maximum Gasteiger partial charge on any atom is 0.307 e. The molecule has 2 heterocycles. The number of hydrogen-bond acceptors (Lipinski definition) is 6. The maximum atomic E-state index is 14.6. The topological polar surface area (TPSA) is 72.4 Å². The molecule has 1 aliphatic heterocycles. The Morgan fingerprint density at radius 1 is 1.26 bits per heavy atom. The first-order valence-electron chi connectivity index (χ1n) is 11.2. The van der Waals surface area contributed by atoms with Crippen LogP contribution in [0.4, 0.5) is 4.39 Å². The van der Waals surface area contributed by atoms with Gasteiger partial charge in [0.05, 0.1) is 23.2 Å². The predicted octanol–water partition coefficient (Wildman–Crippen LogP) is 4.40. The van der Waals surface area contributed by atoms with Crippen LogP contribution in [0.2, 0.25) is 0 Å². The number of amides is 1. The van der Waals surface area contributed by atoms with Crippen LogP contribution >= 0.6 is 21.6 Å². The van der Waals surface area contributed by atoms with Crippen molar-refractivity contribution in [2.75, 3.05) is 32.2 Å². The number of nitrogens with one attached hydrogen (secondary N) is 2. The first-order valence-corrected chi connectivity index (χ1v) is 13.9. The molecule has 0 radical (unpaired) electrons. The Kier molecular flexibility index (Phi) is 8.18. The van der Waals surface area contributed by atoms with Gasteiger partial charge in [0, 0.05) is 30.8 Å². The molecule has 0 saturated carbocycles. The van der Waals surface area contributed by atoms with E-state index in [1.165, 1.54) is 12.1 Å². The molecule has 0 aliphatic carbocycles. The van der Waals surface area contributed by atoms with Crippen LogP contribution in [0.25, 0.3) is 22.2 Å². The maximum absolute atomic E-state index is 14.6. The van der Waals surface area contributed by atoms with Crippen molar-refractivity contribution >= 4 is 44.4 Å². The van der Waals surface area contributed by atoms with Gasteiger partial charge in [0.2, 0.25) is 0 Å². The summed E-state index contributed by atoms with van der Waals surface area (Å²) in [5, 5.41) is 6.78. The van der Waals surface area contributed by atoms with Gasteiger partial charge in [0.15, 0.2) is 0 Å². The average molecular weight is 502 g/mol. The van der Waals surface area contributed by atoms with Gasteiger partial charge in [-0.25, -0.2) is 4.39 Å². The molecule has 9 heteroatoms. The second kappa shape index (κ2) is 11.3. The summed E-state index contributed by atoms with van der Waals surface area (Å²) < 4.78 is 22.0. The van der Waals surface area contributed by atoms with E-state index in [1.807, 2.05) is 30.0 Å². The molecule has 2 aromatic carbocycles. The lowest BCUT2D eigenvalue weighted by Gasteiger charge is -2.14. The van der Waals surface area contributed by atoms with Crippen LogP contribution in [0.5, 0.6) is 0 Å². The van der Waals surface area contributed by atoms with E-state index in [-0.39, 0.29) is 18.3 Å². The molecule has 0 bridgehead atoms. The largest absolute Gasteiger partial charge is 0.465 e. The van der Waals surface area contributed by atoms with E-state index in [2.05, 4.69) is 22.8 Å². The molecule has 1 aliphatic rings. The molecule has 6 nitrogen and oxygen atoms in total. The highest BCUT2D eigenvalue weighted by Crippen LogP contribution is 2.38. The molecule has 0 saturated heterocycles. The zero-order valence-corrected chi connectivity index (χ0v) is 20.9. The van der Waals surface area contributed by atoms with Crippen molar-refractivity contribution in [3.05, 3.63) is 58.9 Å². The summed E-state index contributed by atoms with van der Waals surface area (Å²) in [6.45, 7) is 1.92. The van der Waals surface area contributed by atoms with Crippen LogP contribution in [-0.2, 0) is 29.0 Å². The fourth-order valence-corrected chi connectivity index (χ4v) is 5.46. The Labute approximate surface area is 206 Å². The number of carbonyl (C=O) groups is 2. The summed E-state index contributed by atoms with van der Waals surface area (Å²) >= 11 is 0. The van der Waals surface area contributed by atoms with Gasteiger partial charge >= 0.3 is 5.97 Å². The van der Waals surface area contributed by atoms with Crippen molar-refractivity contribution in [2.24, 2.45) is 0 Å². The van der Waals surface area contributed by atoms with E-state index in [0.29, 0.717) is 37.2 Å². The minimum atomic E-state index is -0.475. The molecule has 180 valence electrons. The zero-order chi connectivity index (χ0) is 24.1. The first-order chi connectivity index (χ1) is 16.5. The third kappa shape index (κ3) is 5.26. The molecular formula is C25H28FN3O3S2. The lowest BCUT2D eigenvalue weighted by Crippen LogP contribution is -2.24. The summed E-state index contributed by atoms with van der Waals surface area (Å²) in [5.41, 5.74) is 4.99. The number of esters is 1. The standard InChI is InChI=1S/C25H28FN3O3S2/c1-27-15-16-3-5-17(6-4-16)24-19-7-9-28-25(31)20-13-18(26)14-21(23(19)20)29(24)10-8-22(30)32-11-12-34-33-2/h3-6,13-14,27H,7-12,15H2,1-2H3,(H,28,31). The second-order valence-electron chi connectivity index (χ2n) is 8.02. The fourth-order valence-electron chi connectivity index (χ4n) is 4.44. The summed E-state index contributed by atoms with van der Waals surface area (Å²) in [6, 6.07) is 11.0. The van der Waals surface area contributed by atoms with Crippen LogP contribution in [0.3, 0.4) is 0 Å². The van der Waals surface area contributed by atoms with Crippen molar-refractivity contribution in [3.8, 4) is 11.3 Å². The van der Waals surface area contributed by atoms with Gasteiger partial charge in [-0.1, -0.05) is 45.9 Å². The summed E-state index contributed by atoms with van der Waals surface area (Å²) in [4.78, 5) is 25.1. The van der Waals surface area contributed by atoms with E-state index < -0.39 is 5.82 Å². The smallest absolute Gasteiger partial charge is 0.307 e. The van der Waals surface area contributed by atoms with E-state index in [9.17, 15) is 14.0 Å². The number of hydrogen-bond donors (Lipinski definition) is 2. The number of aromatic nitrogens is 1. The van der Waals surface area contributed by atoms with Crippen LogP contribution in [-0.4, -0.2) is 48.7 Å². The highest BCUT2D eigenvalue weighted by Gasteiger charge is 2.26. The molecule has 2 N–H and O–H groups in total. The molecule has 34 heavy (non-hydrogen) atoms. The third-order valence-electron chi connectivity index (χ3n) is 5.83. The van der Waals surface area contributed by atoms with E-state index in [1.54, 1.807) is 21.6 Å². The Hall–Kier alpha value is -2.49. The Balaban J connectivity index is 1.77. The van der Waals surface area contributed by atoms with Gasteiger partial charge < -0.3 is 19.9 Å². The van der Waals surface area contributed by atoms with Crippen molar-refractivity contribution in [1.29, 1.82) is 0 Å². The Morgan fingerprint density at radius 2 is 2.06 bits per heavy atom. The van der Waals surface area contributed by atoms with Gasteiger partial charge in [-0.3, -0.25) is 9.59 Å². The summed E-state index contributed by atoms with van der Waals surface area (Å²) in [6.07, 6.45) is 2.77. The molecule has 0 unspecified atom stereocenters. The lowest BCUT2D eigenvalue weighted by molar-refractivity contribution is -0.143. The number of halogens is 1. The molecule has 4 rings (SSSR count). The highest BCUT2D eigenvalue weighted by atomic mass is 33.1. The first kappa shape index (κ1) is 24.6. The molecule has 1 amide bonds. The van der Waals surface area contributed by atoms with Gasteiger partial charge in [-0.05, 0) is 48.5 Å². The summed E-state index contributed by atoms with van der Waals surface area (Å²) in [5.74, 6) is -0.307. The van der Waals surface area contributed by atoms with Gasteiger partial charge in [-0.15, -0.1) is 0 Å².